The van der Waals surface area contributed by atoms with Gasteiger partial charge in [0.25, 0.3) is 0 Å². The lowest BCUT2D eigenvalue weighted by Crippen LogP contribution is -2.06. The molecule has 5 heteroatoms. The molecule has 1 N–H and O–H groups in total. The van der Waals surface area contributed by atoms with E-state index in [-0.39, 0.29) is 0 Å². The lowest BCUT2D eigenvalue weighted by Gasteiger charge is -2.14. The van der Waals surface area contributed by atoms with E-state index in [9.17, 15) is 5.11 Å². The Bertz CT molecular complexity index is 580. The first-order valence-electron chi connectivity index (χ1n) is 6.33. The minimum absolute atomic E-state index is 0.468. The predicted octanol–water partition coefficient (Wildman–Crippen LogP) is 2.62. The Labute approximate surface area is 118 Å². The SMILES string of the molecule is CCc1cnccc1C(O)Cc1c(C)nn(C)c1Cl. The largest absolute Gasteiger partial charge is 0.388 e. The summed E-state index contributed by atoms with van der Waals surface area (Å²) >= 11 is 6.20. The van der Waals surface area contributed by atoms with Crippen LogP contribution in [-0.2, 0) is 19.9 Å². The van der Waals surface area contributed by atoms with Crippen LogP contribution in [0.15, 0.2) is 18.5 Å². The summed E-state index contributed by atoms with van der Waals surface area (Å²) in [4.78, 5) is 4.09. The van der Waals surface area contributed by atoms with Crippen molar-refractivity contribution in [1.82, 2.24) is 14.8 Å². The van der Waals surface area contributed by atoms with E-state index in [0.717, 1.165) is 28.8 Å². The number of rotatable bonds is 4. The third-order valence-electron chi connectivity index (χ3n) is 3.35. The lowest BCUT2D eigenvalue weighted by molar-refractivity contribution is 0.177. The summed E-state index contributed by atoms with van der Waals surface area (Å²) in [6.45, 7) is 3.96. The fourth-order valence-corrected chi connectivity index (χ4v) is 2.52. The molecule has 102 valence electrons. The Hall–Kier alpha value is -1.39. The highest BCUT2D eigenvalue weighted by Gasteiger charge is 2.18. The van der Waals surface area contributed by atoms with Gasteiger partial charge in [0.15, 0.2) is 0 Å². The molecule has 0 bridgehead atoms. The molecule has 0 aliphatic rings. The monoisotopic (exact) mass is 279 g/mol. The van der Waals surface area contributed by atoms with E-state index in [4.69, 9.17) is 11.6 Å². The summed E-state index contributed by atoms with van der Waals surface area (Å²) in [5.74, 6) is 0. The molecule has 0 aliphatic carbocycles. The molecular weight excluding hydrogens is 262 g/mol. The Morgan fingerprint density at radius 3 is 2.79 bits per heavy atom. The summed E-state index contributed by atoms with van der Waals surface area (Å²) in [5.41, 5.74) is 3.73. The first-order chi connectivity index (χ1) is 9.04. The van der Waals surface area contributed by atoms with Crippen LogP contribution in [0.3, 0.4) is 0 Å². The van der Waals surface area contributed by atoms with Gasteiger partial charge in [-0.25, -0.2) is 0 Å². The molecule has 0 aromatic carbocycles. The molecule has 0 aliphatic heterocycles. The van der Waals surface area contributed by atoms with E-state index in [2.05, 4.69) is 17.0 Å². The van der Waals surface area contributed by atoms with Gasteiger partial charge in [-0.2, -0.15) is 5.10 Å². The summed E-state index contributed by atoms with van der Waals surface area (Å²) in [6, 6.07) is 1.86. The fourth-order valence-electron chi connectivity index (χ4n) is 2.27. The molecule has 1 unspecified atom stereocenters. The molecule has 0 amide bonds. The predicted molar refractivity (Wildman–Crippen MR) is 75.2 cm³/mol. The topological polar surface area (TPSA) is 50.9 Å². The summed E-state index contributed by atoms with van der Waals surface area (Å²) in [6.07, 6.45) is 4.24. The Balaban J connectivity index is 2.28. The normalized spacial score (nSPS) is 12.7. The molecule has 2 aromatic rings. The van der Waals surface area contributed by atoms with Gasteiger partial charge in [-0.05, 0) is 30.5 Å². The van der Waals surface area contributed by atoms with Crippen LogP contribution in [0.2, 0.25) is 5.15 Å². The second-order valence-electron chi connectivity index (χ2n) is 4.63. The van der Waals surface area contributed by atoms with Gasteiger partial charge in [0.1, 0.15) is 5.15 Å². The van der Waals surface area contributed by atoms with Crippen molar-refractivity contribution in [2.75, 3.05) is 0 Å². The second-order valence-corrected chi connectivity index (χ2v) is 4.98. The molecule has 0 saturated carbocycles. The van der Waals surface area contributed by atoms with Crippen molar-refractivity contribution in [1.29, 1.82) is 0 Å². The molecule has 0 spiro atoms. The minimum atomic E-state index is -0.585. The highest BCUT2D eigenvalue weighted by atomic mass is 35.5. The van der Waals surface area contributed by atoms with Gasteiger partial charge in [-0.1, -0.05) is 18.5 Å². The van der Waals surface area contributed by atoms with Gasteiger partial charge in [-0.15, -0.1) is 0 Å². The first kappa shape index (κ1) is 14.0. The number of aliphatic hydroxyl groups excluding tert-OH is 1. The van der Waals surface area contributed by atoms with Crippen molar-refractivity contribution < 1.29 is 5.11 Å². The van der Waals surface area contributed by atoms with E-state index >= 15 is 0 Å². The van der Waals surface area contributed by atoms with Crippen LogP contribution in [0.5, 0.6) is 0 Å². The van der Waals surface area contributed by atoms with Crippen LogP contribution in [0.4, 0.5) is 0 Å². The van der Waals surface area contributed by atoms with Gasteiger partial charge >= 0.3 is 0 Å². The fraction of sp³-hybridized carbons (Fsp3) is 0.429. The van der Waals surface area contributed by atoms with Crippen LogP contribution in [-0.4, -0.2) is 19.9 Å². The highest BCUT2D eigenvalue weighted by Crippen LogP contribution is 2.27. The second kappa shape index (κ2) is 5.72. The molecule has 2 heterocycles. The zero-order valence-corrected chi connectivity index (χ0v) is 12.1. The van der Waals surface area contributed by atoms with E-state index in [1.165, 1.54) is 0 Å². The average molecular weight is 280 g/mol. The van der Waals surface area contributed by atoms with E-state index in [0.29, 0.717) is 11.6 Å². The molecular formula is C14H18ClN3O. The van der Waals surface area contributed by atoms with Crippen molar-refractivity contribution in [3.05, 3.63) is 46.0 Å². The number of aromatic nitrogens is 3. The zero-order valence-electron chi connectivity index (χ0n) is 11.4. The smallest absolute Gasteiger partial charge is 0.130 e. The summed E-state index contributed by atoms with van der Waals surface area (Å²) in [7, 11) is 1.80. The molecule has 2 aromatic heterocycles. The Morgan fingerprint density at radius 1 is 1.47 bits per heavy atom. The molecule has 1 atom stereocenters. The maximum atomic E-state index is 10.4. The molecule has 2 rings (SSSR count). The van der Waals surface area contributed by atoms with Crippen molar-refractivity contribution in [2.45, 2.75) is 32.8 Å². The summed E-state index contributed by atoms with van der Waals surface area (Å²) in [5, 5.41) is 15.3. The third kappa shape index (κ3) is 2.80. The van der Waals surface area contributed by atoms with E-state index < -0.39 is 6.10 Å². The Kier molecular flexibility index (Phi) is 4.22. The molecule has 0 saturated heterocycles. The van der Waals surface area contributed by atoms with Crippen LogP contribution in [0.1, 0.15) is 35.4 Å². The highest BCUT2D eigenvalue weighted by molar-refractivity contribution is 6.30. The molecule has 19 heavy (non-hydrogen) atoms. The van der Waals surface area contributed by atoms with E-state index in [1.54, 1.807) is 24.1 Å². The molecule has 0 fully saturated rings. The van der Waals surface area contributed by atoms with Crippen molar-refractivity contribution in [2.24, 2.45) is 7.05 Å². The lowest BCUT2D eigenvalue weighted by atomic mass is 9.98. The van der Waals surface area contributed by atoms with Gasteiger partial charge < -0.3 is 5.11 Å². The number of hydrogen-bond donors (Lipinski definition) is 1. The van der Waals surface area contributed by atoms with Crippen molar-refractivity contribution in [3.8, 4) is 0 Å². The van der Waals surface area contributed by atoms with Gasteiger partial charge in [0, 0.05) is 31.4 Å². The quantitative estimate of drug-likeness (QED) is 0.936. The molecule has 4 nitrogen and oxygen atoms in total. The van der Waals surface area contributed by atoms with Gasteiger partial charge in [0.2, 0.25) is 0 Å². The maximum absolute atomic E-state index is 10.4. The number of nitrogens with zero attached hydrogens (tertiary/aromatic N) is 3. The third-order valence-corrected chi connectivity index (χ3v) is 3.82. The Morgan fingerprint density at radius 2 is 2.21 bits per heavy atom. The van der Waals surface area contributed by atoms with Gasteiger partial charge in [-0.3, -0.25) is 9.67 Å². The van der Waals surface area contributed by atoms with Gasteiger partial charge in [0.05, 0.1) is 11.8 Å². The number of hydrogen-bond acceptors (Lipinski definition) is 3. The number of aryl methyl sites for hydroxylation is 3. The standard InChI is InChI=1S/C14H18ClN3O/c1-4-10-8-16-6-5-11(10)13(19)7-12-9(2)17-18(3)14(12)15/h5-6,8,13,19H,4,7H2,1-3H3. The first-order valence-corrected chi connectivity index (χ1v) is 6.71. The number of pyridine rings is 1. The average Bonchev–Trinajstić information content (AvgIpc) is 2.65. The minimum Gasteiger partial charge on any atom is -0.388 e. The van der Waals surface area contributed by atoms with Crippen LogP contribution in [0, 0.1) is 6.92 Å². The maximum Gasteiger partial charge on any atom is 0.130 e. The van der Waals surface area contributed by atoms with Crippen LogP contribution in [0.25, 0.3) is 0 Å². The molecule has 0 radical (unpaired) electrons. The van der Waals surface area contributed by atoms with Crippen molar-refractivity contribution >= 4 is 11.6 Å². The van der Waals surface area contributed by atoms with Crippen LogP contribution >= 0.6 is 11.6 Å². The van der Waals surface area contributed by atoms with Crippen molar-refractivity contribution in [3.63, 3.8) is 0 Å². The zero-order chi connectivity index (χ0) is 14.0. The van der Waals surface area contributed by atoms with E-state index in [1.807, 2.05) is 13.0 Å². The number of aliphatic hydroxyl groups is 1. The van der Waals surface area contributed by atoms with Crippen LogP contribution < -0.4 is 0 Å². The summed E-state index contributed by atoms with van der Waals surface area (Å²) < 4.78 is 1.63. The number of halogens is 1.